The third-order valence-electron chi connectivity index (χ3n) is 1.65. The summed E-state index contributed by atoms with van der Waals surface area (Å²) in [5, 5.41) is 0.341. The van der Waals surface area contributed by atoms with Crippen molar-refractivity contribution in [2.45, 2.75) is 6.54 Å². The Morgan fingerprint density at radius 3 is 2.85 bits per heavy atom. The van der Waals surface area contributed by atoms with Crippen LogP contribution in [-0.2, 0) is 11.3 Å². The maximum atomic E-state index is 13.1. The number of nitrogens with zero attached hydrogens (tertiary/aromatic N) is 1. The Balaban J connectivity index is 2.93. The largest absolute Gasteiger partial charge is 0.344 e. The van der Waals surface area contributed by atoms with Crippen LogP contribution in [0.2, 0.25) is 5.02 Å². The minimum Gasteiger partial charge on any atom is -0.344 e. The molecule has 70 valence electrons. The molecule has 4 heteroatoms. The van der Waals surface area contributed by atoms with Crippen molar-refractivity contribution >= 4 is 18.0 Å². The van der Waals surface area contributed by atoms with Crippen LogP contribution in [0, 0.1) is 5.82 Å². The second kappa shape index (κ2) is 4.23. The monoisotopic (exact) mass is 201 g/mol. The number of hydrogen-bond acceptors (Lipinski definition) is 1. The van der Waals surface area contributed by atoms with Crippen molar-refractivity contribution in [3.63, 3.8) is 0 Å². The van der Waals surface area contributed by atoms with Crippen LogP contribution in [-0.4, -0.2) is 18.4 Å². The standard InChI is InChI=1S/C9H9ClFNO/c1-12(6-13)5-7-8(10)3-2-4-9(7)11/h2-4,6H,5H2,1H3. The normalized spacial score (nSPS) is 9.77. The molecule has 2 nitrogen and oxygen atoms in total. The molecule has 1 aromatic rings. The summed E-state index contributed by atoms with van der Waals surface area (Å²) in [6.45, 7) is 0.189. The first-order valence-electron chi connectivity index (χ1n) is 3.73. The fraction of sp³-hybridized carbons (Fsp3) is 0.222. The van der Waals surface area contributed by atoms with Crippen LogP contribution in [0.5, 0.6) is 0 Å². The first-order valence-corrected chi connectivity index (χ1v) is 4.11. The average Bonchev–Trinajstić information content (AvgIpc) is 2.11. The highest BCUT2D eigenvalue weighted by atomic mass is 35.5. The molecule has 0 spiro atoms. The summed E-state index contributed by atoms with van der Waals surface area (Å²) < 4.78 is 13.1. The topological polar surface area (TPSA) is 20.3 Å². The van der Waals surface area contributed by atoms with Crippen molar-refractivity contribution in [3.8, 4) is 0 Å². The van der Waals surface area contributed by atoms with E-state index in [-0.39, 0.29) is 12.4 Å². The number of hydrogen-bond donors (Lipinski definition) is 0. The molecule has 0 saturated carbocycles. The highest BCUT2D eigenvalue weighted by molar-refractivity contribution is 6.31. The van der Waals surface area contributed by atoms with Crippen LogP contribution in [0.15, 0.2) is 18.2 Å². The molecular formula is C9H9ClFNO. The van der Waals surface area contributed by atoms with Gasteiger partial charge in [-0.1, -0.05) is 17.7 Å². The van der Waals surface area contributed by atoms with E-state index in [1.807, 2.05) is 0 Å². The minimum absolute atomic E-state index is 0.189. The molecule has 0 radical (unpaired) electrons. The van der Waals surface area contributed by atoms with Crippen molar-refractivity contribution in [2.24, 2.45) is 0 Å². The van der Waals surface area contributed by atoms with Crippen LogP contribution >= 0.6 is 11.6 Å². The molecule has 0 heterocycles. The maximum absolute atomic E-state index is 13.1. The minimum atomic E-state index is -0.388. The van der Waals surface area contributed by atoms with Crippen LogP contribution in [0.3, 0.4) is 0 Å². The molecule has 0 aliphatic rings. The van der Waals surface area contributed by atoms with E-state index in [0.717, 1.165) is 0 Å². The highest BCUT2D eigenvalue weighted by Gasteiger charge is 2.07. The fourth-order valence-corrected chi connectivity index (χ4v) is 1.19. The van der Waals surface area contributed by atoms with Gasteiger partial charge in [-0.25, -0.2) is 4.39 Å². The third-order valence-corrected chi connectivity index (χ3v) is 2.00. The average molecular weight is 202 g/mol. The van der Waals surface area contributed by atoms with Crippen molar-refractivity contribution in [1.29, 1.82) is 0 Å². The number of carbonyl (C=O) groups excluding carboxylic acids is 1. The Hall–Kier alpha value is -1.09. The zero-order chi connectivity index (χ0) is 9.84. The van der Waals surface area contributed by atoms with Gasteiger partial charge in [-0.2, -0.15) is 0 Å². The zero-order valence-electron chi connectivity index (χ0n) is 7.13. The van der Waals surface area contributed by atoms with Gasteiger partial charge in [-0.3, -0.25) is 4.79 Å². The molecule has 0 fully saturated rings. The second-order valence-corrected chi connectivity index (χ2v) is 3.13. The van der Waals surface area contributed by atoms with Gasteiger partial charge in [0, 0.05) is 24.2 Å². The summed E-state index contributed by atoms with van der Waals surface area (Å²) in [5.74, 6) is -0.388. The molecule has 0 saturated heterocycles. The molecular weight excluding hydrogens is 193 g/mol. The van der Waals surface area contributed by atoms with Crippen molar-refractivity contribution in [3.05, 3.63) is 34.6 Å². The van der Waals surface area contributed by atoms with E-state index in [2.05, 4.69) is 0 Å². The van der Waals surface area contributed by atoms with E-state index >= 15 is 0 Å². The SMILES string of the molecule is CN(C=O)Cc1c(F)cccc1Cl. The maximum Gasteiger partial charge on any atom is 0.209 e. The first kappa shape index (κ1) is 9.99. The highest BCUT2D eigenvalue weighted by Crippen LogP contribution is 2.19. The Morgan fingerprint density at radius 2 is 2.31 bits per heavy atom. The molecule has 1 rings (SSSR count). The van der Waals surface area contributed by atoms with Crippen molar-refractivity contribution in [2.75, 3.05) is 7.05 Å². The summed E-state index contributed by atoms with van der Waals surface area (Å²) in [7, 11) is 1.57. The van der Waals surface area contributed by atoms with E-state index in [9.17, 15) is 9.18 Å². The predicted molar refractivity (Wildman–Crippen MR) is 48.9 cm³/mol. The summed E-state index contributed by atoms with van der Waals surface area (Å²) in [5.41, 5.74) is 0.346. The van der Waals surface area contributed by atoms with Gasteiger partial charge in [0.25, 0.3) is 0 Å². The molecule has 13 heavy (non-hydrogen) atoms. The molecule has 1 aromatic carbocycles. The van der Waals surface area contributed by atoms with Gasteiger partial charge in [0.15, 0.2) is 0 Å². The van der Waals surface area contributed by atoms with Crippen LogP contribution in [0.25, 0.3) is 0 Å². The summed E-state index contributed by atoms with van der Waals surface area (Å²) >= 11 is 5.75. The molecule has 0 aliphatic carbocycles. The number of benzene rings is 1. The van der Waals surface area contributed by atoms with Gasteiger partial charge in [-0.15, -0.1) is 0 Å². The lowest BCUT2D eigenvalue weighted by atomic mass is 10.2. The summed E-state index contributed by atoms with van der Waals surface area (Å²) in [4.78, 5) is 11.6. The van der Waals surface area contributed by atoms with E-state index in [1.165, 1.54) is 17.0 Å². The van der Waals surface area contributed by atoms with E-state index in [1.54, 1.807) is 13.1 Å². The third kappa shape index (κ3) is 2.42. The Bertz CT molecular complexity index is 296. The lowest BCUT2D eigenvalue weighted by molar-refractivity contribution is -0.117. The van der Waals surface area contributed by atoms with Crippen LogP contribution in [0.4, 0.5) is 4.39 Å². The smallest absolute Gasteiger partial charge is 0.209 e. The van der Waals surface area contributed by atoms with Crippen molar-refractivity contribution < 1.29 is 9.18 Å². The molecule has 0 aliphatic heterocycles. The fourth-order valence-electron chi connectivity index (χ4n) is 0.970. The van der Waals surface area contributed by atoms with E-state index in [0.29, 0.717) is 17.0 Å². The molecule has 0 aromatic heterocycles. The van der Waals surface area contributed by atoms with Crippen LogP contribution < -0.4 is 0 Å². The van der Waals surface area contributed by atoms with Crippen LogP contribution in [0.1, 0.15) is 5.56 Å². The van der Waals surface area contributed by atoms with Gasteiger partial charge >= 0.3 is 0 Å². The molecule has 0 unspecified atom stereocenters. The zero-order valence-corrected chi connectivity index (χ0v) is 7.88. The quantitative estimate of drug-likeness (QED) is 0.686. The Kier molecular flexibility index (Phi) is 3.25. The second-order valence-electron chi connectivity index (χ2n) is 2.72. The Morgan fingerprint density at radius 1 is 1.62 bits per heavy atom. The molecule has 0 bridgehead atoms. The van der Waals surface area contributed by atoms with Gasteiger partial charge in [0.2, 0.25) is 6.41 Å². The van der Waals surface area contributed by atoms with E-state index in [4.69, 9.17) is 11.6 Å². The predicted octanol–water partition coefficient (Wildman–Crippen LogP) is 2.07. The lowest BCUT2D eigenvalue weighted by Gasteiger charge is -2.12. The van der Waals surface area contributed by atoms with Gasteiger partial charge in [0.1, 0.15) is 5.82 Å². The Labute approximate surface area is 80.9 Å². The van der Waals surface area contributed by atoms with Gasteiger partial charge < -0.3 is 4.90 Å². The summed E-state index contributed by atoms with van der Waals surface area (Å²) in [6, 6.07) is 4.44. The number of halogens is 2. The molecule has 0 atom stereocenters. The first-order chi connectivity index (χ1) is 6.15. The van der Waals surface area contributed by atoms with E-state index < -0.39 is 0 Å². The molecule has 0 N–H and O–H groups in total. The number of carbonyl (C=O) groups is 1. The van der Waals surface area contributed by atoms with Gasteiger partial charge in [-0.05, 0) is 12.1 Å². The lowest BCUT2D eigenvalue weighted by Crippen LogP contribution is -2.16. The number of rotatable bonds is 3. The summed E-state index contributed by atoms with van der Waals surface area (Å²) in [6.07, 6.45) is 0.628. The number of amides is 1. The van der Waals surface area contributed by atoms with Gasteiger partial charge in [0.05, 0.1) is 0 Å². The van der Waals surface area contributed by atoms with Crippen molar-refractivity contribution in [1.82, 2.24) is 4.90 Å². The molecule has 1 amide bonds.